The molecular weight excluding hydrogens is 1070 g/mol. The number of aliphatic hydroxyl groups excluding tert-OH is 1. The van der Waals surface area contributed by atoms with Crippen molar-refractivity contribution in [2.45, 2.75) is 26.2 Å². The fraction of sp³-hybridized carbons (Fsp3) is 0.378. The quantitative estimate of drug-likeness (QED) is 0.0255. The Kier molecular flexibility index (Phi) is 33.3. The van der Waals surface area contributed by atoms with Crippen molar-refractivity contribution >= 4 is 35.5 Å². The number of ether oxygens (including phenoxy) is 6. The molecule has 0 saturated carbocycles. The Morgan fingerprint density at radius 3 is 1.89 bits per heavy atom. The standard InChI is InChI=1S/C29H32F2N2O7.C9H10ClNO.C6H13O3.CH3.U/c1-19-23(30)6-7-24(31)25(19)26-22(29(32)36)18-33-27(26)28(35)21-4-2-20(3-5-21)8-10-37-12-14-39-16-17-40-15-13-38-11-9-34;10-8-3-1-2-7(6-8)4-5-9(11)12;1-2-8-5-6-9-4-3-7;;/h2-7,9,18,33H,8,10-17H2,1H3,(H2,32,36);1-3,6H,4-5H2,(H2,11,12);7H,1-6H2;1H3;/q;;2*-1;+2. The van der Waals surface area contributed by atoms with E-state index in [1.54, 1.807) is 30.3 Å². The van der Waals surface area contributed by atoms with Crippen molar-refractivity contribution in [3.05, 3.63) is 131 Å². The molecule has 0 bridgehead atoms. The molecule has 1 heterocycles. The molecule has 0 spiro atoms. The van der Waals surface area contributed by atoms with E-state index in [-0.39, 0.29) is 85.6 Å². The van der Waals surface area contributed by atoms with Gasteiger partial charge in [-0.1, -0.05) is 54.6 Å². The zero-order valence-electron chi connectivity index (χ0n) is 35.8. The molecular formula is C45H58ClF2N3O11U. The number of aromatic amines is 1. The molecule has 344 valence electrons. The van der Waals surface area contributed by atoms with Crippen LogP contribution >= 0.6 is 11.6 Å². The number of hydrogen-bond donors (Lipinski definition) is 4. The average Bonchev–Trinajstić information content (AvgIpc) is 3.69. The minimum atomic E-state index is -0.875. The molecule has 0 atom stereocenters. The number of ketones is 1. The number of nitrogens with two attached hydrogens (primary N) is 2. The summed E-state index contributed by atoms with van der Waals surface area (Å²) in [6.45, 7) is 9.80. The van der Waals surface area contributed by atoms with Gasteiger partial charge in [-0.3, -0.25) is 14.4 Å². The Morgan fingerprint density at radius 1 is 0.762 bits per heavy atom. The molecule has 0 saturated heterocycles. The van der Waals surface area contributed by atoms with Gasteiger partial charge >= 0.3 is 31.1 Å². The number of hydrogen-bond acceptors (Lipinski definition) is 11. The Hall–Kier alpha value is -3.86. The number of aromatic nitrogens is 1. The van der Waals surface area contributed by atoms with Gasteiger partial charge in [0.2, 0.25) is 11.7 Å². The monoisotopic (exact) mass is 1130 g/mol. The molecule has 0 aliphatic carbocycles. The number of amides is 2. The van der Waals surface area contributed by atoms with Crippen LogP contribution in [0.25, 0.3) is 11.1 Å². The Morgan fingerprint density at radius 2 is 1.33 bits per heavy atom. The Balaban J connectivity index is 0.00000137. The van der Waals surface area contributed by atoms with Crippen LogP contribution in [-0.2, 0) is 50.9 Å². The van der Waals surface area contributed by atoms with Gasteiger partial charge in [0.15, 0.2) is 0 Å². The van der Waals surface area contributed by atoms with Crippen LogP contribution in [0, 0.1) is 64.0 Å². The largest absolute Gasteiger partial charge is 2.00 e. The number of aliphatic hydroxyl groups is 1. The predicted molar refractivity (Wildman–Crippen MR) is 232 cm³/mol. The van der Waals surface area contributed by atoms with Crippen molar-refractivity contribution in [2.75, 3.05) is 85.9 Å². The van der Waals surface area contributed by atoms with Gasteiger partial charge in [0.25, 0.3) is 5.91 Å². The molecule has 14 nitrogen and oxygen atoms in total. The van der Waals surface area contributed by atoms with E-state index in [2.05, 4.69) is 11.9 Å². The SMILES string of the molecule is Cc1c(F)ccc(F)c1-c1c(C(N)=O)c[nH]c1C(=O)c1ccc(CCOCCOCCOCCOCC=O)cc1.NC(=O)CCc1cccc(Cl)c1.[CH2-]COCCOCCO.[CH3-].[U+2]. The second-order valence-corrected chi connectivity index (χ2v) is 13.2. The third-order valence-electron chi connectivity index (χ3n) is 8.32. The van der Waals surface area contributed by atoms with Crippen molar-refractivity contribution in [2.24, 2.45) is 11.5 Å². The summed E-state index contributed by atoms with van der Waals surface area (Å²) in [7, 11) is 0. The van der Waals surface area contributed by atoms with Crippen LogP contribution in [0.1, 0.15) is 49.5 Å². The summed E-state index contributed by atoms with van der Waals surface area (Å²) < 4.78 is 60.0. The first-order chi connectivity index (χ1) is 29.4. The Bertz CT molecular complexity index is 1910. The van der Waals surface area contributed by atoms with Crippen LogP contribution in [0.3, 0.4) is 0 Å². The molecule has 1 aromatic heterocycles. The predicted octanol–water partition coefficient (Wildman–Crippen LogP) is 5.46. The van der Waals surface area contributed by atoms with Crippen LogP contribution in [0.4, 0.5) is 8.78 Å². The van der Waals surface area contributed by atoms with Crippen LogP contribution in [-0.4, -0.2) is 120 Å². The number of carbonyl (C=O) groups is 4. The maximum Gasteiger partial charge on any atom is 2.00 e. The number of carbonyl (C=O) groups excluding carboxylic acids is 4. The molecule has 0 aliphatic heterocycles. The van der Waals surface area contributed by atoms with Gasteiger partial charge < -0.3 is 69.1 Å². The molecule has 18 heteroatoms. The maximum absolute atomic E-state index is 14.8. The van der Waals surface area contributed by atoms with Gasteiger partial charge in [-0.15, -0.1) is 0 Å². The number of halogens is 3. The van der Waals surface area contributed by atoms with Gasteiger partial charge in [0.05, 0.1) is 83.9 Å². The zero-order chi connectivity index (χ0) is 44.8. The molecule has 6 N–H and O–H groups in total. The number of aldehydes is 1. The molecule has 0 radical (unpaired) electrons. The number of rotatable bonds is 27. The number of benzene rings is 3. The van der Waals surface area contributed by atoms with Gasteiger partial charge in [-0.25, -0.2) is 8.78 Å². The number of primary amides is 2. The summed E-state index contributed by atoms with van der Waals surface area (Å²) in [6.07, 6.45) is 3.55. The third kappa shape index (κ3) is 23.6. The summed E-state index contributed by atoms with van der Waals surface area (Å²) in [6, 6.07) is 16.1. The van der Waals surface area contributed by atoms with E-state index in [0.29, 0.717) is 109 Å². The topological polar surface area (TPSA) is 212 Å². The molecule has 2 amide bonds. The molecule has 4 rings (SSSR count). The van der Waals surface area contributed by atoms with E-state index < -0.39 is 23.3 Å². The van der Waals surface area contributed by atoms with E-state index in [4.69, 9.17) is 56.6 Å². The van der Waals surface area contributed by atoms with Crippen LogP contribution in [0.2, 0.25) is 5.02 Å². The van der Waals surface area contributed by atoms with E-state index in [9.17, 15) is 28.0 Å². The minimum Gasteiger partial charge on any atom is -0.411 e. The van der Waals surface area contributed by atoms with E-state index in [0.717, 1.165) is 23.3 Å². The van der Waals surface area contributed by atoms with E-state index in [1.807, 2.05) is 18.2 Å². The smallest absolute Gasteiger partial charge is 0.411 e. The number of nitrogens with one attached hydrogen (secondary N) is 1. The summed E-state index contributed by atoms with van der Waals surface area (Å²) in [5.41, 5.74) is 12.3. The second-order valence-electron chi connectivity index (χ2n) is 12.7. The Labute approximate surface area is 397 Å². The number of H-pyrrole nitrogens is 1. The molecule has 63 heavy (non-hydrogen) atoms. The van der Waals surface area contributed by atoms with Crippen molar-refractivity contribution in [3.63, 3.8) is 0 Å². The fourth-order valence-corrected chi connectivity index (χ4v) is 5.52. The summed E-state index contributed by atoms with van der Waals surface area (Å²) in [5, 5.41) is 8.94. The van der Waals surface area contributed by atoms with Gasteiger partial charge in [-0.2, -0.15) is 0 Å². The molecule has 3 aromatic carbocycles. The summed E-state index contributed by atoms with van der Waals surface area (Å²) in [5.74, 6) is -3.10. The first kappa shape index (κ1) is 59.1. The first-order valence-corrected chi connectivity index (χ1v) is 19.8. The van der Waals surface area contributed by atoms with Crippen molar-refractivity contribution < 1.29 is 92.6 Å². The first-order valence-electron chi connectivity index (χ1n) is 19.4. The summed E-state index contributed by atoms with van der Waals surface area (Å²) >= 11 is 5.74. The van der Waals surface area contributed by atoms with Crippen LogP contribution in [0.15, 0.2) is 66.9 Å². The third-order valence-corrected chi connectivity index (χ3v) is 8.56. The molecule has 4 aromatic rings. The molecule has 0 fully saturated rings. The van der Waals surface area contributed by atoms with Gasteiger partial charge in [0.1, 0.15) is 24.5 Å². The number of aryl methyl sites for hydroxylation is 1. The minimum absolute atomic E-state index is 0. The normalized spacial score (nSPS) is 10.3. The van der Waals surface area contributed by atoms with E-state index in [1.165, 1.54) is 13.1 Å². The molecule has 0 aliphatic rings. The van der Waals surface area contributed by atoms with Crippen molar-refractivity contribution in [3.8, 4) is 11.1 Å². The fourth-order valence-electron chi connectivity index (χ4n) is 5.31. The average molecular weight is 1130 g/mol. The van der Waals surface area contributed by atoms with Crippen molar-refractivity contribution in [1.82, 2.24) is 4.98 Å². The zero-order valence-corrected chi connectivity index (χ0v) is 40.7. The van der Waals surface area contributed by atoms with Crippen molar-refractivity contribution in [1.29, 1.82) is 0 Å². The van der Waals surface area contributed by atoms with Crippen LogP contribution < -0.4 is 11.5 Å². The van der Waals surface area contributed by atoms with Gasteiger partial charge in [-0.05, 0) is 60.7 Å². The maximum atomic E-state index is 14.8. The second kappa shape index (κ2) is 35.5. The van der Waals surface area contributed by atoms with E-state index >= 15 is 0 Å². The van der Waals surface area contributed by atoms with Gasteiger partial charge in [0, 0.05) is 34.3 Å². The van der Waals surface area contributed by atoms with Crippen LogP contribution in [0.5, 0.6) is 0 Å². The summed E-state index contributed by atoms with van der Waals surface area (Å²) in [4.78, 5) is 48.6. The molecule has 0 unspecified atom stereocenters.